The number of carbonyl (C=O) groups excluding carboxylic acids is 1. The van der Waals surface area contributed by atoms with Crippen molar-refractivity contribution >= 4 is 28.1 Å². The molecule has 0 N–H and O–H groups in total. The van der Waals surface area contributed by atoms with Crippen LogP contribution in [0.1, 0.15) is 5.56 Å². The van der Waals surface area contributed by atoms with E-state index >= 15 is 0 Å². The first-order valence-corrected chi connectivity index (χ1v) is 11.8. The zero-order valence-corrected chi connectivity index (χ0v) is 20.4. The van der Waals surface area contributed by atoms with E-state index in [2.05, 4.69) is 16.3 Å². The van der Waals surface area contributed by atoms with Crippen molar-refractivity contribution in [3.8, 4) is 28.5 Å². The summed E-state index contributed by atoms with van der Waals surface area (Å²) in [4.78, 5) is 18.8. The number of hydrogen-bond donors (Lipinski definition) is 0. The second kappa shape index (κ2) is 11.2. The Morgan fingerprint density at radius 3 is 2.19 bits per heavy atom. The van der Waals surface area contributed by atoms with E-state index in [9.17, 15) is 18.0 Å². The molecule has 0 aliphatic rings. The van der Waals surface area contributed by atoms with Gasteiger partial charge in [0.15, 0.2) is 5.13 Å². The van der Waals surface area contributed by atoms with E-state index < -0.39 is 6.36 Å². The van der Waals surface area contributed by atoms with Crippen LogP contribution >= 0.6 is 11.3 Å². The molecule has 3 aromatic carbocycles. The van der Waals surface area contributed by atoms with Gasteiger partial charge in [0.05, 0.1) is 18.5 Å². The van der Waals surface area contributed by atoms with Gasteiger partial charge in [-0.15, -0.1) is 24.5 Å². The predicted molar refractivity (Wildman–Crippen MR) is 135 cm³/mol. The van der Waals surface area contributed by atoms with E-state index in [0.29, 0.717) is 22.1 Å². The SMILES string of the molecule is C=CC(=O)N(c1ccc(OCc2ccc(OC(F)(F)F)cc2)cc1)c1nc(-c2ccc(OC)cc2)cs1. The standard InChI is InChI=1S/C27H21F3N2O4S/c1-3-25(33)32(26-31-24(17-37-26)19-6-12-21(34-2)13-7-19)20-8-14-22(15-9-20)35-16-18-4-10-23(11-5-18)36-27(28,29)30/h3-15,17H,1,16H2,2H3. The molecular formula is C27H21F3N2O4S. The van der Waals surface area contributed by atoms with Crippen LogP contribution in [-0.4, -0.2) is 24.4 Å². The number of methoxy groups -OCH3 is 1. The number of nitrogens with zero attached hydrogens (tertiary/aromatic N) is 2. The molecule has 0 radical (unpaired) electrons. The third kappa shape index (κ3) is 6.68. The summed E-state index contributed by atoms with van der Waals surface area (Å²) < 4.78 is 51.7. The Kier molecular flexibility index (Phi) is 7.78. The van der Waals surface area contributed by atoms with Crippen molar-refractivity contribution in [3.63, 3.8) is 0 Å². The van der Waals surface area contributed by atoms with Crippen molar-refractivity contribution in [1.82, 2.24) is 4.98 Å². The summed E-state index contributed by atoms with van der Waals surface area (Å²) in [5.41, 5.74) is 2.84. The van der Waals surface area contributed by atoms with Gasteiger partial charge < -0.3 is 14.2 Å². The van der Waals surface area contributed by atoms with Crippen LogP contribution in [0.5, 0.6) is 17.2 Å². The number of halogens is 3. The number of aromatic nitrogens is 1. The predicted octanol–water partition coefficient (Wildman–Crippen LogP) is 7.15. The molecule has 37 heavy (non-hydrogen) atoms. The number of ether oxygens (including phenoxy) is 3. The Balaban J connectivity index is 1.45. The number of thiazole rings is 1. The Hall–Kier alpha value is -4.31. The normalized spacial score (nSPS) is 11.0. The molecule has 0 spiro atoms. The maximum atomic E-state index is 12.7. The molecule has 0 unspecified atom stereocenters. The maximum absolute atomic E-state index is 12.7. The molecular weight excluding hydrogens is 505 g/mol. The van der Waals surface area contributed by atoms with Crippen LogP contribution < -0.4 is 19.1 Å². The molecule has 6 nitrogen and oxygen atoms in total. The van der Waals surface area contributed by atoms with Gasteiger partial charge >= 0.3 is 6.36 Å². The summed E-state index contributed by atoms with van der Waals surface area (Å²) in [5, 5.41) is 2.34. The number of amides is 1. The molecule has 190 valence electrons. The lowest BCUT2D eigenvalue weighted by molar-refractivity contribution is -0.274. The molecule has 4 rings (SSSR count). The fourth-order valence-electron chi connectivity index (χ4n) is 3.33. The number of anilines is 2. The van der Waals surface area contributed by atoms with Gasteiger partial charge in [-0.3, -0.25) is 9.69 Å². The quantitative estimate of drug-likeness (QED) is 0.217. The molecule has 4 aromatic rings. The highest BCUT2D eigenvalue weighted by molar-refractivity contribution is 7.14. The van der Waals surface area contributed by atoms with Gasteiger partial charge in [0.2, 0.25) is 0 Å². The fraction of sp³-hybridized carbons (Fsp3) is 0.111. The molecule has 0 saturated heterocycles. The molecule has 0 bridgehead atoms. The maximum Gasteiger partial charge on any atom is 0.573 e. The number of hydrogen-bond acceptors (Lipinski definition) is 6. The molecule has 0 aliphatic heterocycles. The fourth-order valence-corrected chi connectivity index (χ4v) is 4.19. The third-order valence-electron chi connectivity index (χ3n) is 5.12. The van der Waals surface area contributed by atoms with Gasteiger partial charge in [-0.1, -0.05) is 18.7 Å². The van der Waals surface area contributed by atoms with Crippen LogP contribution in [0, 0.1) is 0 Å². The topological polar surface area (TPSA) is 60.9 Å². The zero-order chi connectivity index (χ0) is 26.4. The molecule has 1 amide bonds. The van der Waals surface area contributed by atoms with Crippen molar-refractivity contribution < 1.29 is 32.2 Å². The number of rotatable bonds is 9. The van der Waals surface area contributed by atoms with Crippen molar-refractivity contribution in [1.29, 1.82) is 0 Å². The van der Waals surface area contributed by atoms with E-state index in [4.69, 9.17) is 9.47 Å². The average molecular weight is 527 g/mol. The summed E-state index contributed by atoms with van der Waals surface area (Å²) >= 11 is 1.32. The van der Waals surface area contributed by atoms with Crippen LogP contribution in [0.25, 0.3) is 11.3 Å². The van der Waals surface area contributed by atoms with Crippen molar-refractivity contribution in [3.05, 3.63) is 96.4 Å². The van der Waals surface area contributed by atoms with Crippen LogP contribution in [0.3, 0.4) is 0 Å². The van der Waals surface area contributed by atoms with Gasteiger partial charge in [-0.25, -0.2) is 4.98 Å². The molecule has 0 saturated carbocycles. The highest BCUT2D eigenvalue weighted by Crippen LogP contribution is 2.34. The highest BCUT2D eigenvalue weighted by atomic mass is 32.1. The summed E-state index contributed by atoms with van der Waals surface area (Å²) in [5.74, 6) is 0.608. The van der Waals surface area contributed by atoms with Gasteiger partial charge in [-0.2, -0.15) is 0 Å². The molecule has 0 aliphatic carbocycles. The summed E-state index contributed by atoms with van der Waals surface area (Å²) in [7, 11) is 1.60. The Morgan fingerprint density at radius 2 is 1.59 bits per heavy atom. The van der Waals surface area contributed by atoms with Gasteiger partial charge in [0.25, 0.3) is 5.91 Å². The first kappa shape index (κ1) is 25.8. The molecule has 1 heterocycles. The largest absolute Gasteiger partial charge is 0.573 e. The van der Waals surface area contributed by atoms with E-state index in [0.717, 1.165) is 17.0 Å². The van der Waals surface area contributed by atoms with Crippen LogP contribution in [0.2, 0.25) is 0 Å². The Bertz CT molecular complexity index is 1350. The third-order valence-corrected chi connectivity index (χ3v) is 5.95. The molecule has 0 fully saturated rings. The van der Waals surface area contributed by atoms with Crippen LogP contribution in [0.15, 0.2) is 90.8 Å². The lowest BCUT2D eigenvalue weighted by atomic mass is 10.2. The monoisotopic (exact) mass is 526 g/mol. The van der Waals surface area contributed by atoms with Crippen LogP contribution in [-0.2, 0) is 11.4 Å². The number of alkyl halides is 3. The van der Waals surface area contributed by atoms with Crippen LogP contribution in [0.4, 0.5) is 24.0 Å². The minimum atomic E-state index is -4.74. The second-order valence-electron chi connectivity index (χ2n) is 7.60. The molecule has 1 aromatic heterocycles. The van der Waals surface area contributed by atoms with E-state index in [-0.39, 0.29) is 18.3 Å². The lowest BCUT2D eigenvalue weighted by Gasteiger charge is -2.18. The second-order valence-corrected chi connectivity index (χ2v) is 8.43. The Labute approximate surface area is 215 Å². The van der Waals surface area contributed by atoms with E-state index in [1.165, 1.54) is 46.6 Å². The summed E-state index contributed by atoms with van der Waals surface area (Å²) in [6.07, 6.45) is -3.53. The van der Waals surface area contributed by atoms with Gasteiger partial charge in [-0.05, 0) is 72.3 Å². The van der Waals surface area contributed by atoms with Crippen molar-refractivity contribution in [2.24, 2.45) is 0 Å². The zero-order valence-electron chi connectivity index (χ0n) is 19.6. The number of benzene rings is 3. The molecule has 10 heteroatoms. The number of carbonyl (C=O) groups is 1. The smallest absolute Gasteiger partial charge is 0.497 e. The first-order valence-electron chi connectivity index (χ1n) is 10.9. The minimum absolute atomic E-state index is 0.138. The average Bonchev–Trinajstić information content (AvgIpc) is 3.38. The van der Waals surface area contributed by atoms with Gasteiger partial charge in [0.1, 0.15) is 23.9 Å². The summed E-state index contributed by atoms with van der Waals surface area (Å²) in [6, 6.07) is 19.7. The highest BCUT2D eigenvalue weighted by Gasteiger charge is 2.31. The Morgan fingerprint density at radius 1 is 0.973 bits per heavy atom. The lowest BCUT2D eigenvalue weighted by Crippen LogP contribution is -2.23. The molecule has 0 atom stereocenters. The van der Waals surface area contributed by atoms with Crippen molar-refractivity contribution in [2.45, 2.75) is 13.0 Å². The van der Waals surface area contributed by atoms with Crippen molar-refractivity contribution in [2.75, 3.05) is 12.0 Å². The van der Waals surface area contributed by atoms with E-state index in [1.54, 1.807) is 31.4 Å². The first-order chi connectivity index (χ1) is 17.8. The summed E-state index contributed by atoms with van der Waals surface area (Å²) in [6.45, 7) is 3.74. The van der Waals surface area contributed by atoms with E-state index in [1.807, 2.05) is 29.6 Å². The van der Waals surface area contributed by atoms with Gasteiger partial charge in [0, 0.05) is 10.9 Å². The minimum Gasteiger partial charge on any atom is -0.497 e.